The van der Waals surface area contributed by atoms with Gasteiger partial charge >= 0.3 is 0 Å². The molecular formula is C27H28Cl2N2O3S2. The Hall–Kier alpha value is -2.16. The second-order valence-corrected chi connectivity index (χ2v) is 12.7. The van der Waals surface area contributed by atoms with E-state index in [1.807, 2.05) is 36.6 Å². The molecule has 3 aromatic rings. The molecule has 1 atom stereocenters. The monoisotopic (exact) mass is 562 g/mol. The fraction of sp³-hybridized carbons (Fsp3) is 0.296. The lowest BCUT2D eigenvalue weighted by Crippen LogP contribution is -2.47. The highest BCUT2D eigenvalue weighted by Gasteiger charge is 2.37. The van der Waals surface area contributed by atoms with Gasteiger partial charge in [0.25, 0.3) is 0 Å². The minimum Gasteiger partial charge on any atom is -0.330 e. The van der Waals surface area contributed by atoms with E-state index in [2.05, 4.69) is 6.58 Å². The molecule has 0 saturated carbocycles. The first kappa shape index (κ1) is 26.9. The first-order valence-electron chi connectivity index (χ1n) is 11.5. The molecule has 1 unspecified atom stereocenters. The van der Waals surface area contributed by atoms with Crippen molar-refractivity contribution in [3.8, 4) is 0 Å². The Morgan fingerprint density at radius 3 is 2.47 bits per heavy atom. The Labute approximate surface area is 227 Å². The summed E-state index contributed by atoms with van der Waals surface area (Å²) in [7, 11) is -3.95. The molecule has 0 aliphatic carbocycles. The Balaban J connectivity index is 1.72. The Morgan fingerprint density at radius 2 is 1.83 bits per heavy atom. The molecule has 9 heteroatoms. The van der Waals surface area contributed by atoms with Gasteiger partial charge in [-0.15, -0.1) is 17.9 Å². The van der Waals surface area contributed by atoms with Gasteiger partial charge in [-0.2, -0.15) is 4.31 Å². The van der Waals surface area contributed by atoms with Crippen LogP contribution >= 0.6 is 34.5 Å². The van der Waals surface area contributed by atoms with E-state index in [0.717, 1.165) is 16.7 Å². The van der Waals surface area contributed by atoms with E-state index in [-0.39, 0.29) is 23.9 Å². The summed E-state index contributed by atoms with van der Waals surface area (Å²) in [5, 5.41) is 2.98. The van der Waals surface area contributed by atoms with Gasteiger partial charge in [-0.1, -0.05) is 53.0 Å². The summed E-state index contributed by atoms with van der Waals surface area (Å²) in [6.07, 6.45) is 2.20. The van der Waals surface area contributed by atoms with Crippen molar-refractivity contribution in [2.24, 2.45) is 0 Å². The number of thiophene rings is 1. The van der Waals surface area contributed by atoms with Crippen molar-refractivity contribution in [1.29, 1.82) is 0 Å². The average molecular weight is 564 g/mol. The zero-order valence-electron chi connectivity index (χ0n) is 20.4. The molecular weight excluding hydrogens is 535 g/mol. The molecule has 0 spiro atoms. The van der Waals surface area contributed by atoms with E-state index in [1.165, 1.54) is 15.3 Å². The largest absolute Gasteiger partial charge is 0.330 e. The van der Waals surface area contributed by atoms with E-state index in [9.17, 15) is 13.2 Å². The predicted molar refractivity (Wildman–Crippen MR) is 148 cm³/mol. The lowest BCUT2D eigenvalue weighted by atomic mass is 9.93. The minimum absolute atomic E-state index is 0.0186. The number of hydrogen-bond acceptors (Lipinski definition) is 4. The van der Waals surface area contributed by atoms with E-state index >= 15 is 0 Å². The maximum atomic E-state index is 13.8. The highest BCUT2D eigenvalue weighted by atomic mass is 35.5. The van der Waals surface area contributed by atoms with Crippen LogP contribution in [0.15, 0.2) is 59.3 Å². The number of nitrogens with zero attached hydrogens (tertiary/aromatic N) is 2. The molecule has 2 aromatic carbocycles. The van der Waals surface area contributed by atoms with Crippen LogP contribution in [-0.2, 0) is 21.2 Å². The zero-order valence-corrected chi connectivity index (χ0v) is 23.6. The third-order valence-electron chi connectivity index (χ3n) is 6.39. The van der Waals surface area contributed by atoms with Crippen LogP contribution in [0, 0.1) is 20.8 Å². The Bertz CT molecular complexity index is 1410. The predicted octanol–water partition coefficient (Wildman–Crippen LogP) is 6.33. The van der Waals surface area contributed by atoms with Crippen molar-refractivity contribution >= 4 is 50.5 Å². The number of carbonyl (C=O) groups is 1. The smallest absolute Gasteiger partial charge is 0.244 e. The number of rotatable bonds is 7. The van der Waals surface area contributed by atoms with Gasteiger partial charge in [-0.3, -0.25) is 4.79 Å². The number of amides is 1. The van der Waals surface area contributed by atoms with Crippen LogP contribution in [0.3, 0.4) is 0 Å². The number of aryl methyl sites for hydroxylation is 3. The summed E-state index contributed by atoms with van der Waals surface area (Å²) >= 11 is 14.4. The molecule has 1 aromatic heterocycles. The van der Waals surface area contributed by atoms with Crippen LogP contribution in [0.25, 0.3) is 0 Å². The Morgan fingerprint density at radius 1 is 1.14 bits per heavy atom. The molecule has 36 heavy (non-hydrogen) atoms. The molecule has 0 radical (unpaired) electrons. The van der Waals surface area contributed by atoms with Crippen LogP contribution in [0.2, 0.25) is 10.0 Å². The highest BCUT2D eigenvalue weighted by Crippen LogP contribution is 2.41. The summed E-state index contributed by atoms with van der Waals surface area (Å²) in [4.78, 5) is 17.0. The third kappa shape index (κ3) is 5.13. The molecule has 0 saturated heterocycles. The lowest BCUT2D eigenvalue weighted by molar-refractivity contribution is -0.133. The maximum Gasteiger partial charge on any atom is 0.244 e. The van der Waals surface area contributed by atoms with Crippen molar-refractivity contribution in [3.05, 3.63) is 97.2 Å². The SMILES string of the molecule is C=CCN(CC(=O)N1CCc2sccc2C1c1ccc(Cl)cc1Cl)S(=O)(=O)c1c(C)cc(C)cc1C. The topological polar surface area (TPSA) is 57.7 Å². The van der Waals surface area contributed by atoms with Crippen LogP contribution in [0.4, 0.5) is 0 Å². The van der Waals surface area contributed by atoms with Crippen molar-refractivity contribution in [3.63, 3.8) is 0 Å². The molecule has 0 bridgehead atoms. The quantitative estimate of drug-likeness (QED) is 0.316. The standard InChI is InChI=1S/C27H28Cl2N2O3S2/c1-5-10-30(36(33,34)27-18(3)13-17(2)14-19(27)4)16-25(32)31-11-8-24-22(9-12-35-24)26(31)21-7-6-20(28)15-23(21)29/h5-7,9,12-15,26H,1,8,10-11,16H2,2-4H3. The van der Waals surface area contributed by atoms with E-state index in [4.69, 9.17) is 23.2 Å². The summed E-state index contributed by atoms with van der Waals surface area (Å²) in [6, 6.07) is 10.5. The zero-order chi connectivity index (χ0) is 26.2. The first-order valence-corrected chi connectivity index (χ1v) is 14.6. The second kappa shape index (κ2) is 10.7. The molecule has 0 fully saturated rings. The minimum atomic E-state index is -3.95. The molecule has 2 heterocycles. The molecule has 5 nitrogen and oxygen atoms in total. The third-order valence-corrected chi connectivity index (χ3v) is 10.1. The summed E-state index contributed by atoms with van der Waals surface area (Å²) in [6.45, 7) is 9.39. The van der Waals surface area contributed by atoms with E-state index in [0.29, 0.717) is 34.1 Å². The molecule has 190 valence electrons. The summed E-state index contributed by atoms with van der Waals surface area (Å²) < 4.78 is 28.7. The summed E-state index contributed by atoms with van der Waals surface area (Å²) in [5.41, 5.74) is 4.06. The first-order chi connectivity index (χ1) is 17.0. The molecule has 1 aliphatic heterocycles. The van der Waals surface area contributed by atoms with Gasteiger partial charge in [0, 0.05) is 28.0 Å². The number of hydrogen-bond donors (Lipinski definition) is 0. The van der Waals surface area contributed by atoms with Crippen molar-refractivity contribution in [2.45, 2.75) is 38.1 Å². The molecule has 1 amide bonds. The van der Waals surface area contributed by atoms with Gasteiger partial charge in [0.2, 0.25) is 15.9 Å². The highest BCUT2D eigenvalue weighted by molar-refractivity contribution is 7.89. The van der Waals surface area contributed by atoms with Crippen molar-refractivity contribution in [1.82, 2.24) is 9.21 Å². The number of fused-ring (bicyclic) bond motifs is 1. The maximum absolute atomic E-state index is 13.8. The van der Waals surface area contributed by atoms with Crippen LogP contribution in [-0.4, -0.2) is 43.2 Å². The lowest BCUT2D eigenvalue weighted by Gasteiger charge is -2.37. The van der Waals surface area contributed by atoms with E-state index in [1.54, 1.807) is 42.2 Å². The van der Waals surface area contributed by atoms with Crippen LogP contribution in [0.5, 0.6) is 0 Å². The Kier molecular flexibility index (Phi) is 7.98. The number of sulfonamides is 1. The fourth-order valence-corrected chi connectivity index (χ4v) is 8.17. The normalized spacial score (nSPS) is 15.7. The van der Waals surface area contributed by atoms with Crippen LogP contribution < -0.4 is 0 Å². The van der Waals surface area contributed by atoms with E-state index < -0.39 is 16.1 Å². The summed E-state index contributed by atoms with van der Waals surface area (Å²) in [5.74, 6) is -0.296. The van der Waals surface area contributed by atoms with Crippen LogP contribution in [0.1, 0.15) is 38.7 Å². The number of benzene rings is 2. The molecule has 0 N–H and O–H groups in total. The number of halogens is 2. The van der Waals surface area contributed by atoms with Crippen molar-refractivity contribution in [2.75, 3.05) is 19.6 Å². The van der Waals surface area contributed by atoms with Gasteiger partial charge < -0.3 is 4.90 Å². The molecule has 4 rings (SSSR count). The second-order valence-electron chi connectivity index (χ2n) is 9.02. The van der Waals surface area contributed by atoms with Gasteiger partial charge in [-0.25, -0.2) is 8.42 Å². The van der Waals surface area contributed by atoms with Crippen molar-refractivity contribution < 1.29 is 13.2 Å². The van der Waals surface area contributed by atoms with Gasteiger partial charge in [0.15, 0.2) is 0 Å². The van der Waals surface area contributed by atoms with Gasteiger partial charge in [0.05, 0.1) is 17.5 Å². The molecule has 1 aliphatic rings. The van der Waals surface area contributed by atoms with Gasteiger partial charge in [-0.05, 0) is 73.0 Å². The number of carbonyl (C=O) groups excluding carboxylic acids is 1. The average Bonchev–Trinajstić information content (AvgIpc) is 3.26. The fourth-order valence-electron chi connectivity index (χ4n) is 4.98. The van der Waals surface area contributed by atoms with Gasteiger partial charge in [0.1, 0.15) is 0 Å².